The van der Waals surface area contributed by atoms with E-state index in [2.05, 4.69) is 34.9 Å². The summed E-state index contributed by atoms with van der Waals surface area (Å²) in [5.74, 6) is 0.650. The first-order chi connectivity index (χ1) is 26.1. The van der Waals surface area contributed by atoms with E-state index in [0.717, 1.165) is 5.69 Å². The van der Waals surface area contributed by atoms with Gasteiger partial charge in [-0.15, -0.1) is 0 Å². The van der Waals surface area contributed by atoms with Crippen LogP contribution in [0.3, 0.4) is 0 Å². The van der Waals surface area contributed by atoms with E-state index in [4.69, 9.17) is 42.6 Å². The molecule has 0 bridgehead atoms. The SMILES string of the molecule is CC(=O)Nc1ccc(OCCOCCOCCOCCOCCOCCOCCOCCCNC(=O)OCC2c3ccccc3-c3ccccc32)cc1. The highest BCUT2D eigenvalue weighted by molar-refractivity contribution is 5.88. The van der Waals surface area contributed by atoms with Gasteiger partial charge in [0.1, 0.15) is 19.0 Å². The van der Waals surface area contributed by atoms with Crippen LogP contribution in [0.2, 0.25) is 0 Å². The van der Waals surface area contributed by atoms with Crippen LogP contribution in [0, 0.1) is 0 Å². The predicted molar refractivity (Wildman–Crippen MR) is 200 cm³/mol. The van der Waals surface area contributed by atoms with Crippen LogP contribution in [0.5, 0.6) is 5.75 Å². The first kappa shape index (κ1) is 41.7. The van der Waals surface area contributed by atoms with Gasteiger partial charge in [0, 0.05) is 31.7 Å². The summed E-state index contributed by atoms with van der Waals surface area (Å²) < 4.78 is 49.8. The lowest BCUT2D eigenvalue weighted by Gasteiger charge is -2.14. The number of nitrogens with one attached hydrogen (secondary N) is 2. The zero-order valence-electron chi connectivity index (χ0n) is 30.7. The van der Waals surface area contributed by atoms with Crippen LogP contribution in [0.4, 0.5) is 10.5 Å². The molecule has 1 aliphatic rings. The van der Waals surface area contributed by atoms with E-state index >= 15 is 0 Å². The minimum absolute atomic E-state index is 0.0475. The van der Waals surface area contributed by atoms with Gasteiger partial charge in [0.05, 0.1) is 85.9 Å². The van der Waals surface area contributed by atoms with Crippen molar-refractivity contribution in [3.05, 3.63) is 83.9 Å². The fraction of sp³-hybridized carbons (Fsp3) is 0.500. The number of rotatable bonds is 29. The second-order valence-corrected chi connectivity index (χ2v) is 11.9. The van der Waals surface area contributed by atoms with Crippen molar-refractivity contribution in [1.82, 2.24) is 5.32 Å². The third kappa shape index (κ3) is 16.6. The van der Waals surface area contributed by atoms with Crippen molar-refractivity contribution in [3.63, 3.8) is 0 Å². The van der Waals surface area contributed by atoms with Gasteiger partial charge < -0.3 is 53.3 Å². The molecule has 13 heteroatoms. The Bertz CT molecular complexity index is 1410. The van der Waals surface area contributed by atoms with E-state index in [0.29, 0.717) is 124 Å². The number of ether oxygens (including phenoxy) is 9. The molecule has 0 aliphatic heterocycles. The van der Waals surface area contributed by atoms with E-state index < -0.39 is 6.09 Å². The number of anilines is 1. The van der Waals surface area contributed by atoms with Crippen LogP contribution in [-0.4, -0.2) is 124 Å². The molecule has 0 atom stereocenters. The molecular formula is C40H54N2O11. The molecule has 0 heterocycles. The lowest BCUT2D eigenvalue weighted by Crippen LogP contribution is -2.27. The largest absolute Gasteiger partial charge is 0.491 e. The normalized spacial score (nSPS) is 11.9. The zero-order valence-corrected chi connectivity index (χ0v) is 30.7. The van der Waals surface area contributed by atoms with Crippen molar-refractivity contribution in [2.24, 2.45) is 0 Å². The Morgan fingerprint density at radius 3 is 1.45 bits per heavy atom. The first-order valence-electron chi connectivity index (χ1n) is 18.3. The smallest absolute Gasteiger partial charge is 0.407 e. The fourth-order valence-electron chi connectivity index (χ4n) is 5.49. The monoisotopic (exact) mass is 738 g/mol. The third-order valence-corrected chi connectivity index (χ3v) is 7.98. The predicted octanol–water partition coefficient (Wildman–Crippen LogP) is 5.07. The van der Waals surface area contributed by atoms with E-state index in [1.807, 2.05) is 24.3 Å². The molecule has 3 aromatic rings. The van der Waals surface area contributed by atoms with Crippen LogP contribution in [0.15, 0.2) is 72.8 Å². The molecule has 0 aromatic heterocycles. The molecule has 0 spiro atoms. The van der Waals surface area contributed by atoms with Crippen LogP contribution in [-0.2, 0) is 42.7 Å². The summed E-state index contributed by atoms with van der Waals surface area (Å²) in [7, 11) is 0. The standard InChI is InChI=1S/C40H54N2O11/c1-32(43)42-33-11-13-34(14-12-33)52-30-29-51-28-27-50-26-25-49-24-23-48-22-21-47-20-19-46-18-17-45-16-6-15-41-40(44)53-31-39-37-9-4-2-7-35(37)36-8-3-5-10-38(36)39/h2-5,7-14,39H,6,15-31H2,1H3,(H,41,44)(H,42,43). The van der Waals surface area contributed by atoms with Gasteiger partial charge in [0.15, 0.2) is 0 Å². The molecule has 0 fully saturated rings. The third-order valence-electron chi connectivity index (χ3n) is 7.98. The number of hydrogen-bond donors (Lipinski definition) is 2. The number of carbonyl (C=O) groups is 2. The van der Waals surface area contributed by atoms with Crippen molar-refractivity contribution >= 4 is 17.7 Å². The highest BCUT2D eigenvalue weighted by Gasteiger charge is 2.28. The zero-order chi connectivity index (χ0) is 37.2. The highest BCUT2D eigenvalue weighted by Crippen LogP contribution is 2.44. The Morgan fingerprint density at radius 1 is 0.547 bits per heavy atom. The number of fused-ring (bicyclic) bond motifs is 3. The second-order valence-electron chi connectivity index (χ2n) is 11.9. The van der Waals surface area contributed by atoms with Gasteiger partial charge in [-0.3, -0.25) is 4.79 Å². The van der Waals surface area contributed by atoms with Crippen molar-refractivity contribution in [1.29, 1.82) is 0 Å². The first-order valence-corrected chi connectivity index (χ1v) is 18.3. The Balaban J connectivity index is 0.819. The van der Waals surface area contributed by atoms with E-state index in [9.17, 15) is 9.59 Å². The molecule has 53 heavy (non-hydrogen) atoms. The van der Waals surface area contributed by atoms with Crippen molar-refractivity contribution in [3.8, 4) is 16.9 Å². The van der Waals surface area contributed by atoms with E-state index in [1.165, 1.54) is 29.2 Å². The molecule has 4 rings (SSSR count). The van der Waals surface area contributed by atoms with Crippen molar-refractivity contribution in [2.75, 3.05) is 118 Å². The Labute approximate surface area is 312 Å². The van der Waals surface area contributed by atoms with Gasteiger partial charge >= 0.3 is 6.09 Å². The molecule has 0 saturated carbocycles. The lowest BCUT2D eigenvalue weighted by atomic mass is 9.98. The van der Waals surface area contributed by atoms with Crippen LogP contribution < -0.4 is 15.4 Å². The van der Waals surface area contributed by atoms with Crippen LogP contribution in [0.25, 0.3) is 11.1 Å². The van der Waals surface area contributed by atoms with Gasteiger partial charge in [-0.05, 0) is 52.9 Å². The molecule has 2 N–H and O–H groups in total. The molecule has 3 aromatic carbocycles. The average Bonchev–Trinajstić information content (AvgIpc) is 3.49. The van der Waals surface area contributed by atoms with Crippen LogP contribution in [0.1, 0.15) is 30.4 Å². The summed E-state index contributed by atoms with van der Waals surface area (Å²) in [5, 5.41) is 5.51. The number of carbonyl (C=O) groups excluding carboxylic acids is 2. The molecule has 2 amide bonds. The summed E-state index contributed by atoms with van der Waals surface area (Å²) in [4.78, 5) is 23.3. The topological polar surface area (TPSA) is 141 Å². The molecule has 290 valence electrons. The number of benzene rings is 3. The second kappa shape index (κ2) is 25.8. The minimum Gasteiger partial charge on any atom is -0.491 e. The fourth-order valence-corrected chi connectivity index (χ4v) is 5.49. The van der Waals surface area contributed by atoms with E-state index in [-0.39, 0.29) is 11.8 Å². The maximum atomic E-state index is 12.3. The van der Waals surface area contributed by atoms with Crippen molar-refractivity contribution < 1.29 is 52.2 Å². The Morgan fingerprint density at radius 2 is 0.981 bits per heavy atom. The van der Waals surface area contributed by atoms with Gasteiger partial charge in [-0.25, -0.2) is 4.79 Å². The minimum atomic E-state index is -0.418. The highest BCUT2D eigenvalue weighted by atomic mass is 16.6. The lowest BCUT2D eigenvalue weighted by molar-refractivity contribution is -0.114. The summed E-state index contributed by atoms with van der Waals surface area (Å²) in [5.41, 5.74) is 5.53. The number of alkyl carbamates (subject to hydrolysis) is 1. The van der Waals surface area contributed by atoms with Gasteiger partial charge in [0.25, 0.3) is 0 Å². The van der Waals surface area contributed by atoms with Crippen LogP contribution >= 0.6 is 0 Å². The summed E-state index contributed by atoms with van der Waals surface area (Å²) in [6.45, 7) is 9.39. The van der Waals surface area contributed by atoms with Gasteiger partial charge in [0.2, 0.25) is 5.91 Å². The number of amides is 2. The Kier molecular flexibility index (Phi) is 20.3. The number of hydrogen-bond acceptors (Lipinski definition) is 11. The van der Waals surface area contributed by atoms with Crippen molar-refractivity contribution in [2.45, 2.75) is 19.3 Å². The summed E-state index contributed by atoms with van der Waals surface area (Å²) in [6.07, 6.45) is 0.264. The maximum Gasteiger partial charge on any atom is 0.407 e. The van der Waals surface area contributed by atoms with Gasteiger partial charge in [-0.1, -0.05) is 48.5 Å². The Hall–Kier alpha value is -4.08. The maximum absolute atomic E-state index is 12.3. The quantitative estimate of drug-likeness (QED) is 0.0923. The summed E-state index contributed by atoms with van der Waals surface area (Å²) >= 11 is 0. The molecular weight excluding hydrogens is 684 g/mol. The molecule has 1 aliphatic carbocycles. The average molecular weight is 739 g/mol. The molecule has 0 radical (unpaired) electrons. The summed E-state index contributed by atoms with van der Waals surface area (Å²) in [6, 6.07) is 23.7. The van der Waals surface area contributed by atoms with E-state index in [1.54, 1.807) is 24.3 Å². The molecule has 13 nitrogen and oxygen atoms in total. The molecule has 0 unspecified atom stereocenters. The van der Waals surface area contributed by atoms with Gasteiger partial charge in [-0.2, -0.15) is 0 Å². The molecule has 0 saturated heterocycles.